The summed E-state index contributed by atoms with van der Waals surface area (Å²) in [4.78, 5) is 8.15. The fraction of sp³-hybridized carbons (Fsp3) is 0.200. The second-order valence-corrected chi connectivity index (χ2v) is 5.34. The first-order valence-corrected chi connectivity index (χ1v) is 6.35. The van der Waals surface area contributed by atoms with Crippen molar-refractivity contribution in [3.05, 3.63) is 16.6 Å². The van der Waals surface area contributed by atoms with Crippen molar-refractivity contribution in [2.75, 3.05) is 0 Å². The Bertz CT molecular complexity index is 684. The molecule has 9 nitrogen and oxygen atoms in total. The van der Waals surface area contributed by atoms with Crippen LogP contribution in [0.25, 0.3) is 0 Å². The Morgan fingerprint density at radius 1 is 1.19 bits per heavy atom. The smallest absolute Gasteiger partial charge is 0.285 e. The van der Waals surface area contributed by atoms with Crippen molar-refractivity contribution in [2.45, 2.75) is 9.79 Å². The van der Waals surface area contributed by atoms with E-state index in [-0.39, 0.29) is 0 Å². The van der Waals surface area contributed by atoms with Crippen molar-refractivity contribution in [3.63, 3.8) is 0 Å². The molecular weight excluding hydrogens is 264 g/mol. The Morgan fingerprint density at radius 2 is 1.69 bits per heavy atom. The Morgan fingerprint density at radius 3 is 2.06 bits per heavy atom. The standard InChI is InChI=1S/C5H6N2O7S2/c1-7-5(8)4(16(12,13)14)3(2-6-7)15(9,10)11/h2H,1H3,(H,9,10,11)(H,12,13,14)/p-2. The molecule has 0 atom stereocenters. The Hall–Kier alpha value is -1.30. The predicted molar refractivity (Wildman–Crippen MR) is 45.4 cm³/mol. The Balaban J connectivity index is 3.96. The summed E-state index contributed by atoms with van der Waals surface area (Å²) in [5, 5.41) is 3.14. The van der Waals surface area contributed by atoms with E-state index in [1.165, 1.54) is 0 Å². The van der Waals surface area contributed by atoms with Crippen molar-refractivity contribution in [3.8, 4) is 0 Å². The lowest BCUT2D eigenvalue weighted by Gasteiger charge is -2.14. The van der Waals surface area contributed by atoms with Crippen molar-refractivity contribution < 1.29 is 25.9 Å². The van der Waals surface area contributed by atoms with Crippen LogP contribution < -0.4 is 5.56 Å². The van der Waals surface area contributed by atoms with Crippen LogP contribution in [0, 0.1) is 0 Å². The molecule has 1 aromatic rings. The molecule has 0 saturated heterocycles. The van der Waals surface area contributed by atoms with E-state index in [0.717, 1.165) is 7.05 Å². The zero-order valence-electron chi connectivity index (χ0n) is 7.65. The molecule has 1 heterocycles. The van der Waals surface area contributed by atoms with Crippen molar-refractivity contribution in [1.29, 1.82) is 0 Å². The van der Waals surface area contributed by atoms with Crippen molar-refractivity contribution in [2.24, 2.45) is 7.05 Å². The van der Waals surface area contributed by atoms with Gasteiger partial charge in [-0.2, -0.15) is 5.10 Å². The molecule has 11 heteroatoms. The summed E-state index contributed by atoms with van der Waals surface area (Å²) < 4.78 is 64.3. The van der Waals surface area contributed by atoms with Gasteiger partial charge >= 0.3 is 0 Å². The molecule has 0 amide bonds. The predicted octanol–water partition coefficient (Wildman–Crippen LogP) is -2.41. The molecule has 0 aliphatic heterocycles. The summed E-state index contributed by atoms with van der Waals surface area (Å²) in [6.07, 6.45) is 0.342. The summed E-state index contributed by atoms with van der Waals surface area (Å²) in [5.41, 5.74) is -1.47. The van der Waals surface area contributed by atoms with E-state index >= 15 is 0 Å². The molecule has 0 saturated carbocycles. The fourth-order valence-corrected chi connectivity index (χ4v) is 2.66. The van der Waals surface area contributed by atoms with E-state index in [9.17, 15) is 30.7 Å². The van der Waals surface area contributed by atoms with Gasteiger partial charge in [-0.05, 0) is 0 Å². The maximum absolute atomic E-state index is 11.2. The first-order chi connectivity index (χ1) is 7.05. The largest absolute Gasteiger partial charge is 0.744 e. The maximum Gasteiger partial charge on any atom is 0.285 e. The van der Waals surface area contributed by atoms with Crippen LogP contribution in [0.5, 0.6) is 0 Å². The van der Waals surface area contributed by atoms with Crippen LogP contribution in [0.15, 0.2) is 20.8 Å². The van der Waals surface area contributed by atoms with Crippen molar-refractivity contribution in [1.82, 2.24) is 9.78 Å². The number of nitrogens with zero attached hydrogens (tertiary/aromatic N) is 2. The third kappa shape index (κ3) is 2.27. The van der Waals surface area contributed by atoms with Gasteiger partial charge in [-0.15, -0.1) is 0 Å². The molecule has 0 aliphatic carbocycles. The molecule has 0 bridgehead atoms. The van der Waals surface area contributed by atoms with E-state index < -0.39 is 35.6 Å². The first-order valence-electron chi connectivity index (χ1n) is 3.53. The van der Waals surface area contributed by atoms with Gasteiger partial charge in [-0.3, -0.25) is 4.79 Å². The van der Waals surface area contributed by atoms with Crippen LogP contribution >= 0.6 is 0 Å². The molecule has 90 valence electrons. The number of aryl methyl sites for hydroxylation is 1. The molecule has 0 aromatic carbocycles. The quantitative estimate of drug-likeness (QED) is 0.538. The Labute approximate surface area is 89.8 Å². The van der Waals surface area contributed by atoms with Gasteiger partial charge in [0, 0.05) is 7.05 Å². The number of aromatic nitrogens is 2. The molecule has 0 spiro atoms. The second kappa shape index (κ2) is 3.62. The van der Waals surface area contributed by atoms with Crippen LogP contribution in [0.3, 0.4) is 0 Å². The molecule has 0 unspecified atom stereocenters. The summed E-state index contributed by atoms with van der Waals surface area (Å²) in [5.74, 6) is 0. The third-order valence-electron chi connectivity index (χ3n) is 1.58. The normalized spacial score (nSPS) is 12.7. The molecule has 1 rings (SSSR count). The highest BCUT2D eigenvalue weighted by Crippen LogP contribution is 2.14. The van der Waals surface area contributed by atoms with E-state index in [1.54, 1.807) is 0 Å². The minimum absolute atomic E-state index is 0.342. The minimum Gasteiger partial charge on any atom is -0.744 e. The number of hydrogen-bond donors (Lipinski definition) is 0. The van der Waals surface area contributed by atoms with Crippen LogP contribution in [-0.4, -0.2) is 35.7 Å². The zero-order chi connectivity index (χ0) is 12.7. The lowest BCUT2D eigenvalue weighted by atomic mass is 10.6. The van der Waals surface area contributed by atoms with Gasteiger partial charge in [-0.1, -0.05) is 0 Å². The first kappa shape index (κ1) is 12.8. The summed E-state index contributed by atoms with van der Waals surface area (Å²) in [6, 6.07) is 0. The van der Waals surface area contributed by atoms with Gasteiger partial charge in [-0.25, -0.2) is 21.5 Å². The molecule has 16 heavy (non-hydrogen) atoms. The van der Waals surface area contributed by atoms with Crippen LogP contribution in [-0.2, 0) is 27.3 Å². The highest BCUT2D eigenvalue weighted by Gasteiger charge is 2.20. The third-order valence-corrected chi connectivity index (χ3v) is 3.45. The number of rotatable bonds is 2. The average Bonchev–Trinajstić information content (AvgIpc) is 2.05. The maximum atomic E-state index is 11.2. The zero-order valence-corrected chi connectivity index (χ0v) is 9.28. The monoisotopic (exact) mass is 268 g/mol. The van der Waals surface area contributed by atoms with Gasteiger partial charge in [0.15, 0.2) is 0 Å². The molecule has 0 fully saturated rings. The topological polar surface area (TPSA) is 149 Å². The van der Waals surface area contributed by atoms with E-state index in [1.807, 2.05) is 0 Å². The van der Waals surface area contributed by atoms with Crippen LogP contribution in [0.1, 0.15) is 0 Å². The van der Waals surface area contributed by atoms with E-state index in [0.29, 0.717) is 10.9 Å². The van der Waals surface area contributed by atoms with E-state index in [2.05, 4.69) is 5.10 Å². The van der Waals surface area contributed by atoms with Crippen molar-refractivity contribution >= 4 is 20.2 Å². The lowest BCUT2D eigenvalue weighted by molar-refractivity contribution is 0.441. The molecule has 0 aliphatic rings. The van der Waals surface area contributed by atoms with Gasteiger partial charge in [0.2, 0.25) is 0 Å². The van der Waals surface area contributed by atoms with Gasteiger partial charge < -0.3 is 9.11 Å². The van der Waals surface area contributed by atoms with Gasteiger partial charge in [0.25, 0.3) is 5.56 Å². The molecular formula is C5H4N2O7S2-2. The molecule has 0 N–H and O–H groups in total. The van der Waals surface area contributed by atoms with Gasteiger partial charge in [0.1, 0.15) is 25.1 Å². The van der Waals surface area contributed by atoms with Gasteiger partial charge in [0.05, 0.1) is 11.1 Å². The van der Waals surface area contributed by atoms with Crippen LogP contribution in [0.4, 0.5) is 0 Å². The molecule has 0 radical (unpaired) electrons. The highest BCUT2D eigenvalue weighted by molar-refractivity contribution is 7.88. The SMILES string of the molecule is Cn1ncc(S(=O)(=O)[O-])c(S(=O)(=O)[O-])c1=O. The summed E-state index contributed by atoms with van der Waals surface area (Å²) in [6.45, 7) is 0. The highest BCUT2D eigenvalue weighted by atomic mass is 32.2. The van der Waals surface area contributed by atoms with Crippen LogP contribution in [0.2, 0.25) is 0 Å². The molecule has 1 aromatic heterocycles. The average molecular weight is 268 g/mol. The van der Waals surface area contributed by atoms with E-state index in [4.69, 9.17) is 0 Å². The summed E-state index contributed by atoms with van der Waals surface area (Å²) >= 11 is 0. The Kier molecular flexibility index (Phi) is 2.89. The second-order valence-electron chi connectivity index (χ2n) is 2.67. The minimum atomic E-state index is -5.37. The summed E-state index contributed by atoms with van der Waals surface area (Å²) in [7, 11) is -9.63. The lowest BCUT2D eigenvalue weighted by Crippen LogP contribution is -2.28. The fourth-order valence-electron chi connectivity index (χ4n) is 0.911. The number of hydrogen-bond acceptors (Lipinski definition) is 8.